The van der Waals surface area contributed by atoms with Crippen LogP contribution < -0.4 is 5.32 Å². The summed E-state index contributed by atoms with van der Waals surface area (Å²) >= 11 is 1.47. The molecule has 0 amide bonds. The summed E-state index contributed by atoms with van der Waals surface area (Å²) in [4.78, 5) is 8.77. The minimum Gasteiger partial charge on any atom is -0.306 e. The lowest BCUT2D eigenvalue weighted by atomic mass is 10.1. The molecule has 3 aromatic rings. The highest BCUT2D eigenvalue weighted by atomic mass is 32.1. The molecular weight excluding hydrogens is 313 g/mol. The summed E-state index contributed by atoms with van der Waals surface area (Å²) in [6, 6.07) is 7.11. The Morgan fingerprint density at radius 2 is 2.26 bits per heavy atom. The highest BCUT2D eigenvalue weighted by Crippen LogP contribution is 2.26. The van der Waals surface area contributed by atoms with Crippen LogP contribution in [0, 0.1) is 5.82 Å². The third-order valence-corrected chi connectivity index (χ3v) is 4.96. The maximum absolute atomic E-state index is 13.8. The molecule has 23 heavy (non-hydrogen) atoms. The van der Waals surface area contributed by atoms with Crippen LogP contribution in [0.4, 0.5) is 4.39 Å². The zero-order chi connectivity index (χ0) is 15.6. The SMILES string of the molecule is Fc1ccccc1-c1nc(CNC2CCc3ncnn3C2)cs1. The van der Waals surface area contributed by atoms with E-state index in [1.807, 2.05) is 16.1 Å². The summed E-state index contributed by atoms with van der Waals surface area (Å²) in [5.74, 6) is 0.825. The summed E-state index contributed by atoms with van der Waals surface area (Å²) in [5.41, 5.74) is 1.51. The normalized spacial score (nSPS) is 17.2. The fraction of sp³-hybridized carbons (Fsp3) is 0.312. The molecule has 1 aliphatic rings. The van der Waals surface area contributed by atoms with E-state index in [2.05, 4.69) is 20.4 Å². The molecule has 1 aromatic carbocycles. The molecule has 5 nitrogen and oxygen atoms in total. The number of nitrogens with one attached hydrogen (secondary N) is 1. The van der Waals surface area contributed by atoms with Gasteiger partial charge in [-0.2, -0.15) is 5.10 Å². The van der Waals surface area contributed by atoms with E-state index in [0.29, 0.717) is 18.2 Å². The predicted octanol–water partition coefficient (Wildman–Crippen LogP) is 2.65. The summed E-state index contributed by atoms with van der Waals surface area (Å²) in [5, 5.41) is 10.4. The molecule has 1 unspecified atom stereocenters. The van der Waals surface area contributed by atoms with E-state index in [1.165, 1.54) is 17.4 Å². The number of fused-ring (bicyclic) bond motifs is 1. The molecule has 4 rings (SSSR count). The van der Waals surface area contributed by atoms with Gasteiger partial charge in [0.1, 0.15) is 23.0 Å². The van der Waals surface area contributed by atoms with Crippen molar-refractivity contribution in [2.75, 3.05) is 0 Å². The number of hydrogen-bond donors (Lipinski definition) is 1. The molecule has 2 aromatic heterocycles. The van der Waals surface area contributed by atoms with E-state index in [-0.39, 0.29) is 5.82 Å². The lowest BCUT2D eigenvalue weighted by molar-refractivity contribution is 0.357. The predicted molar refractivity (Wildman–Crippen MR) is 86.5 cm³/mol. The Kier molecular flexibility index (Phi) is 3.88. The second-order valence-corrected chi connectivity index (χ2v) is 6.46. The van der Waals surface area contributed by atoms with Crippen molar-refractivity contribution >= 4 is 11.3 Å². The lowest BCUT2D eigenvalue weighted by Crippen LogP contribution is -2.37. The zero-order valence-corrected chi connectivity index (χ0v) is 13.3. The number of hydrogen-bond acceptors (Lipinski definition) is 5. The van der Waals surface area contributed by atoms with Crippen molar-refractivity contribution in [1.29, 1.82) is 0 Å². The van der Waals surface area contributed by atoms with Gasteiger partial charge in [0.25, 0.3) is 0 Å². The first-order chi connectivity index (χ1) is 11.3. The Labute approximate surface area is 137 Å². The minimum absolute atomic E-state index is 0.229. The van der Waals surface area contributed by atoms with E-state index in [1.54, 1.807) is 18.5 Å². The first kappa shape index (κ1) is 14.5. The molecule has 0 saturated heterocycles. The molecule has 0 bridgehead atoms. The third kappa shape index (κ3) is 3.02. The first-order valence-electron chi connectivity index (χ1n) is 7.59. The van der Waals surface area contributed by atoms with Crippen LogP contribution in [0.15, 0.2) is 36.0 Å². The van der Waals surface area contributed by atoms with Crippen molar-refractivity contribution in [2.24, 2.45) is 0 Å². The topological polar surface area (TPSA) is 55.6 Å². The van der Waals surface area contributed by atoms with Crippen LogP contribution in [0.1, 0.15) is 17.9 Å². The molecule has 3 heterocycles. The number of benzene rings is 1. The second kappa shape index (κ2) is 6.17. The Morgan fingerprint density at radius 1 is 1.35 bits per heavy atom. The van der Waals surface area contributed by atoms with Crippen molar-refractivity contribution in [3.63, 3.8) is 0 Å². The number of rotatable bonds is 4. The monoisotopic (exact) mass is 329 g/mol. The van der Waals surface area contributed by atoms with Crippen LogP contribution in [-0.2, 0) is 19.5 Å². The molecule has 1 atom stereocenters. The van der Waals surface area contributed by atoms with E-state index < -0.39 is 0 Å². The van der Waals surface area contributed by atoms with Gasteiger partial charge in [-0.3, -0.25) is 0 Å². The van der Waals surface area contributed by atoms with Gasteiger partial charge in [-0.05, 0) is 18.6 Å². The molecule has 0 spiro atoms. The third-order valence-electron chi connectivity index (χ3n) is 4.03. The number of aryl methyl sites for hydroxylation is 1. The van der Waals surface area contributed by atoms with E-state index >= 15 is 0 Å². The number of halogens is 1. The van der Waals surface area contributed by atoms with Gasteiger partial charge in [0.15, 0.2) is 0 Å². The minimum atomic E-state index is -0.229. The highest BCUT2D eigenvalue weighted by Gasteiger charge is 2.19. The smallest absolute Gasteiger partial charge is 0.138 e. The maximum Gasteiger partial charge on any atom is 0.138 e. The summed E-state index contributed by atoms with van der Waals surface area (Å²) in [6.45, 7) is 1.51. The van der Waals surface area contributed by atoms with Gasteiger partial charge < -0.3 is 5.32 Å². The van der Waals surface area contributed by atoms with Crippen molar-refractivity contribution < 1.29 is 4.39 Å². The number of nitrogens with zero attached hydrogens (tertiary/aromatic N) is 4. The van der Waals surface area contributed by atoms with E-state index in [4.69, 9.17) is 0 Å². The van der Waals surface area contributed by atoms with Gasteiger partial charge in [-0.25, -0.2) is 19.0 Å². The summed E-state index contributed by atoms with van der Waals surface area (Å²) < 4.78 is 15.8. The van der Waals surface area contributed by atoms with Crippen LogP contribution in [0.2, 0.25) is 0 Å². The average molecular weight is 329 g/mol. The first-order valence-corrected chi connectivity index (χ1v) is 8.47. The molecule has 1 N–H and O–H groups in total. The van der Waals surface area contributed by atoms with Gasteiger partial charge in [-0.15, -0.1) is 11.3 Å². The molecule has 118 valence electrons. The van der Waals surface area contributed by atoms with Gasteiger partial charge in [-0.1, -0.05) is 12.1 Å². The molecule has 0 saturated carbocycles. The maximum atomic E-state index is 13.8. The Balaban J connectivity index is 1.40. The van der Waals surface area contributed by atoms with Gasteiger partial charge in [0.05, 0.1) is 12.2 Å². The van der Waals surface area contributed by atoms with Crippen LogP contribution in [0.5, 0.6) is 0 Å². The second-order valence-electron chi connectivity index (χ2n) is 5.60. The lowest BCUT2D eigenvalue weighted by Gasteiger charge is -2.23. The average Bonchev–Trinajstić information content (AvgIpc) is 3.22. The Hall–Kier alpha value is -2.12. The van der Waals surface area contributed by atoms with Crippen LogP contribution in [-0.4, -0.2) is 25.8 Å². The largest absolute Gasteiger partial charge is 0.306 e. The molecule has 0 aliphatic carbocycles. The highest BCUT2D eigenvalue weighted by molar-refractivity contribution is 7.13. The Morgan fingerprint density at radius 3 is 3.17 bits per heavy atom. The van der Waals surface area contributed by atoms with Crippen LogP contribution in [0.25, 0.3) is 10.6 Å². The number of aromatic nitrogens is 4. The quantitative estimate of drug-likeness (QED) is 0.799. The Bertz CT molecular complexity index is 812. The van der Waals surface area contributed by atoms with Crippen molar-refractivity contribution in [3.05, 3.63) is 53.3 Å². The van der Waals surface area contributed by atoms with Crippen molar-refractivity contribution in [1.82, 2.24) is 25.1 Å². The molecular formula is C16H16FN5S. The van der Waals surface area contributed by atoms with E-state index in [0.717, 1.165) is 35.9 Å². The van der Waals surface area contributed by atoms with Gasteiger partial charge >= 0.3 is 0 Å². The van der Waals surface area contributed by atoms with Crippen molar-refractivity contribution in [3.8, 4) is 10.6 Å². The molecule has 0 radical (unpaired) electrons. The molecule has 7 heteroatoms. The zero-order valence-electron chi connectivity index (χ0n) is 12.4. The standard InChI is InChI=1S/C16H16FN5S/c17-14-4-2-1-3-13(14)16-21-12(9-23-16)7-18-11-5-6-15-19-10-20-22(15)8-11/h1-4,9-11,18H,5-8H2. The van der Waals surface area contributed by atoms with Crippen LogP contribution in [0.3, 0.4) is 0 Å². The molecule has 0 fully saturated rings. The fourth-order valence-electron chi connectivity index (χ4n) is 2.80. The number of thiazole rings is 1. The van der Waals surface area contributed by atoms with Gasteiger partial charge in [0.2, 0.25) is 0 Å². The summed E-state index contributed by atoms with van der Waals surface area (Å²) in [6.07, 6.45) is 3.59. The van der Waals surface area contributed by atoms with Crippen molar-refractivity contribution in [2.45, 2.75) is 32.0 Å². The van der Waals surface area contributed by atoms with Crippen LogP contribution >= 0.6 is 11.3 Å². The van der Waals surface area contributed by atoms with E-state index in [9.17, 15) is 4.39 Å². The van der Waals surface area contributed by atoms with Gasteiger partial charge in [0, 0.05) is 30.0 Å². The summed E-state index contributed by atoms with van der Waals surface area (Å²) in [7, 11) is 0. The molecule has 1 aliphatic heterocycles. The fourth-order valence-corrected chi connectivity index (χ4v) is 3.65.